The van der Waals surface area contributed by atoms with Gasteiger partial charge in [-0.25, -0.2) is 0 Å². The van der Waals surface area contributed by atoms with Crippen molar-refractivity contribution in [1.82, 2.24) is 4.90 Å². The van der Waals surface area contributed by atoms with Gasteiger partial charge in [0.05, 0.1) is 19.9 Å². The highest BCUT2D eigenvalue weighted by Crippen LogP contribution is 2.25. The van der Waals surface area contributed by atoms with Crippen molar-refractivity contribution < 1.29 is 9.15 Å². The third-order valence-electron chi connectivity index (χ3n) is 4.52. The van der Waals surface area contributed by atoms with Crippen LogP contribution in [0.1, 0.15) is 37.9 Å². The average molecular weight is 344 g/mol. The lowest BCUT2D eigenvalue weighted by Crippen LogP contribution is -2.43. The molecule has 1 aliphatic rings. The summed E-state index contributed by atoms with van der Waals surface area (Å²) in [6.45, 7) is 0.708. The summed E-state index contributed by atoms with van der Waals surface area (Å²) in [5.74, 6) is 1.78. The fourth-order valence-corrected chi connectivity index (χ4v) is 3.53. The Morgan fingerprint density at radius 1 is 1.21 bits per heavy atom. The Labute approximate surface area is 148 Å². The average Bonchev–Trinajstić information content (AvgIpc) is 3.14. The Morgan fingerprint density at radius 3 is 2.58 bits per heavy atom. The summed E-state index contributed by atoms with van der Waals surface area (Å²) < 4.78 is 10.7. The highest BCUT2D eigenvalue weighted by Gasteiger charge is 2.24. The van der Waals surface area contributed by atoms with Crippen molar-refractivity contribution in [3.05, 3.63) is 48.4 Å². The van der Waals surface area contributed by atoms with Crippen LogP contribution in [-0.2, 0) is 6.54 Å². The molecule has 0 saturated heterocycles. The zero-order valence-corrected chi connectivity index (χ0v) is 14.8. The minimum atomic E-state index is 0.474. The number of nitrogens with zero attached hydrogens (tertiary/aromatic N) is 1. The Balaban J connectivity index is 1.71. The van der Waals surface area contributed by atoms with E-state index in [0.717, 1.165) is 22.3 Å². The van der Waals surface area contributed by atoms with Gasteiger partial charge in [0, 0.05) is 11.7 Å². The van der Waals surface area contributed by atoms with E-state index in [-0.39, 0.29) is 0 Å². The molecule has 2 aromatic rings. The highest BCUT2D eigenvalue weighted by molar-refractivity contribution is 7.80. The standard InChI is InChI=1S/C19H24N2O2S/c1-22-17-11-9-15(10-12-17)20-19(24)21(14-18-8-5-13-23-18)16-6-3-2-4-7-16/h5,8-13,16H,2-4,6-7,14H2,1H3,(H,20,24). The zero-order chi connectivity index (χ0) is 16.8. The maximum atomic E-state index is 5.71. The molecule has 1 saturated carbocycles. The Bertz CT molecular complexity index is 634. The fraction of sp³-hybridized carbons (Fsp3) is 0.421. The van der Waals surface area contributed by atoms with Crippen LogP contribution in [0, 0.1) is 0 Å². The normalized spacial score (nSPS) is 15.0. The molecular formula is C19H24N2O2S. The first-order valence-corrected chi connectivity index (χ1v) is 8.91. The van der Waals surface area contributed by atoms with Gasteiger partial charge in [0.2, 0.25) is 0 Å². The van der Waals surface area contributed by atoms with Crippen molar-refractivity contribution >= 4 is 23.0 Å². The highest BCUT2D eigenvalue weighted by atomic mass is 32.1. The number of benzene rings is 1. The number of rotatable bonds is 5. The van der Waals surface area contributed by atoms with Gasteiger partial charge < -0.3 is 19.4 Å². The first kappa shape index (κ1) is 16.8. The van der Waals surface area contributed by atoms with Crippen LogP contribution in [0.2, 0.25) is 0 Å². The minimum absolute atomic E-state index is 0.474. The van der Waals surface area contributed by atoms with Gasteiger partial charge in [-0.3, -0.25) is 0 Å². The summed E-state index contributed by atoms with van der Waals surface area (Å²) in [7, 11) is 1.67. The molecule has 0 spiro atoms. The van der Waals surface area contributed by atoms with Crippen LogP contribution >= 0.6 is 12.2 Å². The van der Waals surface area contributed by atoms with Crippen LogP contribution in [0.15, 0.2) is 47.1 Å². The van der Waals surface area contributed by atoms with E-state index < -0.39 is 0 Å². The second kappa shape index (κ2) is 8.20. The van der Waals surface area contributed by atoms with Gasteiger partial charge in [-0.05, 0) is 61.5 Å². The molecule has 0 radical (unpaired) electrons. The third-order valence-corrected chi connectivity index (χ3v) is 4.86. The molecule has 4 nitrogen and oxygen atoms in total. The van der Waals surface area contributed by atoms with Gasteiger partial charge in [-0.1, -0.05) is 19.3 Å². The van der Waals surface area contributed by atoms with Gasteiger partial charge in [-0.15, -0.1) is 0 Å². The summed E-state index contributed by atoms with van der Waals surface area (Å²) in [6.07, 6.45) is 7.95. The second-order valence-electron chi connectivity index (χ2n) is 6.16. The lowest BCUT2D eigenvalue weighted by Gasteiger charge is -2.35. The lowest BCUT2D eigenvalue weighted by atomic mass is 9.94. The van der Waals surface area contributed by atoms with Crippen LogP contribution in [-0.4, -0.2) is 23.2 Å². The van der Waals surface area contributed by atoms with Crippen molar-refractivity contribution in [2.45, 2.75) is 44.7 Å². The number of furan rings is 1. The first-order valence-electron chi connectivity index (χ1n) is 8.50. The van der Waals surface area contributed by atoms with E-state index in [2.05, 4.69) is 10.2 Å². The zero-order valence-electron chi connectivity index (χ0n) is 14.0. The monoisotopic (exact) mass is 344 g/mol. The molecule has 5 heteroatoms. The number of anilines is 1. The molecule has 24 heavy (non-hydrogen) atoms. The number of ether oxygens (including phenoxy) is 1. The van der Waals surface area contributed by atoms with Crippen LogP contribution in [0.25, 0.3) is 0 Å². The topological polar surface area (TPSA) is 37.6 Å². The summed E-state index contributed by atoms with van der Waals surface area (Å²) in [5.41, 5.74) is 0.973. The molecular weight excluding hydrogens is 320 g/mol. The van der Waals surface area contributed by atoms with E-state index in [9.17, 15) is 0 Å². The van der Waals surface area contributed by atoms with Crippen molar-refractivity contribution in [1.29, 1.82) is 0 Å². The van der Waals surface area contributed by atoms with E-state index in [4.69, 9.17) is 21.4 Å². The molecule has 0 unspecified atom stereocenters. The van der Waals surface area contributed by atoms with Crippen molar-refractivity contribution in [2.75, 3.05) is 12.4 Å². The molecule has 0 amide bonds. The van der Waals surface area contributed by atoms with Gasteiger partial charge in [-0.2, -0.15) is 0 Å². The Hall–Kier alpha value is -2.01. The van der Waals surface area contributed by atoms with Gasteiger partial charge in [0.1, 0.15) is 11.5 Å². The SMILES string of the molecule is COc1ccc(NC(=S)N(Cc2ccco2)C2CCCCC2)cc1. The Morgan fingerprint density at radius 2 is 1.96 bits per heavy atom. The van der Waals surface area contributed by atoms with Crippen LogP contribution in [0.5, 0.6) is 5.75 Å². The fourth-order valence-electron chi connectivity index (χ4n) is 3.20. The van der Waals surface area contributed by atoms with Crippen LogP contribution in [0.3, 0.4) is 0 Å². The maximum Gasteiger partial charge on any atom is 0.174 e. The number of nitrogens with one attached hydrogen (secondary N) is 1. The van der Waals surface area contributed by atoms with Crippen LogP contribution in [0.4, 0.5) is 5.69 Å². The largest absolute Gasteiger partial charge is 0.497 e. The van der Waals surface area contributed by atoms with Crippen molar-refractivity contribution in [3.8, 4) is 5.75 Å². The predicted octanol–water partition coefficient (Wildman–Crippen LogP) is 4.82. The molecule has 0 atom stereocenters. The lowest BCUT2D eigenvalue weighted by molar-refractivity contribution is 0.227. The Kier molecular flexibility index (Phi) is 5.75. The van der Waals surface area contributed by atoms with Gasteiger partial charge >= 0.3 is 0 Å². The maximum absolute atomic E-state index is 5.71. The van der Waals surface area contributed by atoms with E-state index in [1.54, 1.807) is 13.4 Å². The third kappa shape index (κ3) is 4.29. The van der Waals surface area contributed by atoms with Gasteiger partial charge in [0.15, 0.2) is 5.11 Å². The molecule has 0 bridgehead atoms. The molecule has 1 aromatic heterocycles. The summed E-state index contributed by atoms with van der Waals surface area (Å²) in [6, 6.07) is 12.2. The molecule has 1 heterocycles. The predicted molar refractivity (Wildman–Crippen MR) is 100 cm³/mol. The molecule has 1 fully saturated rings. The van der Waals surface area contributed by atoms with Crippen molar-refractivity contribution in [2.24, 2.45) is 0 Å². The molecule has 0 aliphatic heterocycles. The number of hydrogen-bond donors (Lipinski definition) is 1. The van der Waals surface area contributed by atoms with E-state index in [0.29, 0.717) is 12.6 Å². The first-order chi connectivity index (χ1) is 11.8. The van der Waals surface area contributed by atoms with E-state index in [1.165, 1.54) is 32.1 Å². The minimum Gasteiger partial charge on any atom is -0.497 e. The van der Waals surface area contributed by atoms with Gasteiger partial charge in [0.25, 0.3) is 0 Å². The second-order valence-corrected chi connectivity index (χ2v) is 6.54. The number of methoxy groups -OCH3 is 1. The van der Waals surface area contributed by atoms with Crippen LogP contribution < -0.4 is 10.1 Å². The molecule has 1 aromatic carbocycles. The molecule has 3 rings (SSSR count). The van der Waals surface area contributed by atoms with Crippen molar-refractivity contribution in [3.63, 3.8) is 0 Å². The summed E-state index contributed by atoms with van der Waals surface area (Å²) in [5, 5.41) is 4.12. The molecule has 128 valence electrons. The molecule has 1 N–H and O–H groups in total. The van der Waals surface area contributed by atoms with E-state index in [1.807, 2.05) is 36.4 Å². The smallest absolute Gasteiger partial charge is 0.174 e. The number of hydrogen-bond acceptors (Lipinski definition) is 3. The summed E-state index contributed by atoms with van der Waals surface area (Å²) >= 11 is 5.71. The molecule has 1 aliphatic carbocycles. The number of thiocarbonyl (C=S) groups is 1. The summed E-state index contributed by atoms with van der Waals surface area (Å²) in [4.78, 5) is 2.28. The quantitative estimate of drug-likeness (QED) is 0.787. The van der Waals surface area contributed by atoms with E-state index >= 15 is 0 Å².